The lowest BCUT2D eigenvalue weighted by atomic mass is 10.2. The van der Waals surface area contributed by atoms with Crippen LogP contribution in [-0.4, -0.2) is 35.1 Å². The van der Waals surface area contributed by atoms with Crippen molar-refractivity contribution in [1.29, 1.82) is 0 Å². The van der Waals surface area contributed by atoms with Gasteiger partial charge in [0.1, 0.15) is 11.5 Å². The van der Waals surface area contributed by atoms with E-state index in [0.29, 0.717) is 22.9 Å². The number of sulfonamides is 1. The molecule has 0 aliphatic carbocycles. The highest BCUT2D eigenvalue weighted by molar-refractivity contribution is 7.92. The van der Waals surface area contributed by atoms with Crippen LogP contribution in [0.5, 0.6) is 11.5 Å². The van der Waals surface area contributed by atoms with Crippen LogP contribution in [0, 0.1) is 6.92 Å². The van der Waals surface area contributed by atoms with Gasteiger partial charge in [-0.2, -0.15) is 0 Å². The first-order chi connectivity index (χ1) is 14.8. The van der Waals surface area contributed by atoms with E-state index < -0.39 is 10.0 Å². The SMILES string of the molecule is COc1ccc(N(C)C(=O)COc2ccc(S(=O)(=O)Nc3ccccc3C)cc2)cc1. The summed E-state index contributed by atoms with van der Waals surface area (Å²) in [5.41, 5.74) is 2.05. The molecule has 0 unspecified atom stereocenters. The molecular weight excluding hydrogens is 416 g/mol. The minimum atomic E-state index is -3.73. The minimum Gasteiger partial charge on any atom is -0.497 e. The summed E-state index contributed by atoms with van der Waals surface area (Å²) < 4.78 is 38.4. The van der Waals surface area contributed by atoms with Crippen LogP contribution in [0.3, 0.4) is 0 Å². The van der Waals surface area contributed by atoms with Crippen molar-refractivity contribution in [2.24, 2.45) is 0 Å². The fourth-order valence-electron chi connectivity index (χ4n) is 2.80. The lowest BCUT2D eigenvalue weighted by molar-refractivity contribution is -0.120. The zero-order chi connectivity index (χ0) is 22.4. The molecule has 0 heterocycles. The lowest BCUT2D eigenvalue weighted by Crippen LogP contribution is -2.31. The molecule has 3 rings (SSSR count). The molecular formula is C23H24N2O5S. The van der Waals surface area contributed by atoms with Crippen LogP contribution in [0.25, 0.3) is 0 Å². The summed E-state index contributed by atoms with van der Waals surface area (Å²) in [6, 6.07) is 20.1. The highest BCUT2D eigenvalue weighted by Crippen LogP contribution is 2.22. The number of para-hydroxylation sites is 1. The van der Waals surface area contributed by atoms with Crippen LogP contribution in [-0.2, 0) is 14.8 Å². The molecule has 0 aliphatic heterocycles. The van der Waals surface area contributed by atoms with Gasteiger partial charge in [0.05, 0.1) is 17.7 Å². The van der Waals surface area contributed by atoms with E-state index in [4.69, 9.17) is 9.47 Å². The summed E-state index contributed by atoms with van der Waals surface area (Å²) in [5.74, 6) is 0.849. The van der Waals surface area contributed by atoms with Gasteiger partial charge in [-0.15, -0.1) is 0 Å². The second kappa shape index (κ2) is 9.53. The van der Waals surface area contributed by atoms with Crippen molar-refractivity contribution in [3.63, 3.8) is 0 Å². The van der Waals surface area contributed by atoms with Gasteiger partial charge in [-0.25, -0.2) is 8.42 Å². The molecule has 0 fully saturated rings. The molecule has 0 saturated carbocycles. The van der Waals surface area contributed by atoms with Crippen LogP contribution in [0.2, 0.25) is 0 Å². The number of carbonyl (C=O) groups excluding carboxylic acids is 1. The van der Waals surface area contributed by atoms with E-state index in [1.807, 2.05) is 19.1 Å². The standard InChI is InChI=1S/C23H24N2O5S/c1-17-6-4-5-7-22(17)24-31(27,28)21-14-12-20(13-15-21)30-16-23(26)25(2)18-8-10-19(29-3)11-9-18/h4-15,24H,16H2,1-3H3. The molecule has 0 radical (unpaired) electrons. The maximum atomic E-state index is 12.6. The number of amides is 1. The van der Waals surface area contributed by atoms with Crippen LogP contribution in [0.1, 0.15) is 5.56 Å². The second-order valence-electron chi connectivity index (χ2n) is 6.83. The molecule has 0 saturated heterocycles. The fraction of sp³-hybridized carbons (Fsp3) is 0.174. The number of rotatable bonds is 8. The average Bonchev–Trinajstić information content (AvgIpc) is 2.78. The van der Waals surface area contributed by atoms with Gasteiger partial charge in [0, 0.05) is 12.7 Å². The zero-order valence-corrected chi connectivity index (χ0v) is 18.3. The van der Waals surface area contributed by atoms with E-state index in [-0.39, 0.29) is 17.4 Å². The van der Waals surface area contributed by atoms with Gasteiger partial charge in [-0.05, 0) is 67.1 Å². The Morgan fingerprint density at radius 1 is 0.935 bits per heavy atom. The van der Waals surface area contributed by atoms with Gasteiger partial charge in [0.2, 0.25) is 0 Å². The van der Waals surface area contributed by atoms with Gasteiger partial charge in [-0.3, -0.25) is 9.52 Å². The highest BCUT2D eigenvalue weighted by atomic mass is 32.2. The summed E-state index contributed by atoms with van der Waals surface area (Å²) in [5, 5.41) is 0. The zero-order valence-electron chi connectivity index (χ0n) is 17.5. The van der Waals surface area contributed by atoms with Gasteiger partial charge in [-0.1, -0.05) is 18.2 Å². The van der Waals surface area contributed by atoms with Crippen molar-refractivity contribution in [1.82, 2.24) is 0 Å². The molecule has 7 nitrogen and oxygen atoms in total. The van der Waals surface area contributed by atoms with Crippen LogP contribution >= 0.6 is 0 Å². The van der Waals surface area contributed by atoms with Gasteiger partial charge >= 0.3 is 0 Å². The maximum absolute atomic E-state index is 12.6. The third-order valence-corrected chi connectivity index (χ3v) is 6.10. The summed E-state index contributed by atoms with van der Waals surface area (Å²) >= 11 is 0. The summed E-state index contributed by atoms with van der Waals surface area (Å²) in [6.07, 6.45) is 0. The first-order valence-electron chi connectivity index (χ1n) is 9.52. The van der Waals surface area contributed by atoms with Crippen molar-refractivity contribution < 1.29 is 22.7 Å². The smallest absolute Gasteiger partial charge is 0.264 e. The predicted molar refractivity (Wildman–Crippen MR) is 120 cm³/mol. The number of methoxy groups -OCH3 is 1. The largest absolute Gasteiger partial charge is 0.497 e. The average molecular weight is 441 g/mol. The van der Waals surface area contributed by atoms with Gasteiger partial charge < -0.3 is 14.4 Å². The molecule has 1 amide bonds. The number of aryl methyl sites for hydroxylation is 1. The van der Waals surface area contributed by atoms with E-state index in [1.165, 1.54) is 29.2 Å². The predicted octanol–water partition coefficient (Wildman–Crippen LogP) is 3.85. The molecule has 1 N–H and O–H groups in total. The molecule has 162 valence electrons. The van der Waals surface area contributed by atoms with E-state index in [9.17, 15) is 13.2 Å². The topological polar surface area (TPSA) is 84.9 Å². The lowest BCUT2D eigenvalue weighted by Gasteiger charge is -2.18. The number of hydrogen-bond donors (Lipinski definition) is 1. The first-order valence-corrected chi connectivity index (χ1v) is 11.0. The van der Waals surface area contributed by atoms with E-state index in [1.54, 1.807) is 50.6 Å². The monoisotopic (exact) mass is 440 g/mol. The number of anilines is 2. The third-order valence-electron chi connectivity index (χ3n) is 4.72. The fourth-order valence-corrected chi connectivity index (χ4v) is 3.93. The highest BCUT2D eigenvalue weighted by Gasteiger charge is 2.16. The molecule has 3 aromatic rings. The quantitative estimate of drug-likeness (QED) is 0.575. The van der Waals surface area contributed by atoms with Crippen molar-refractivity contribution >= 4 is 27.3 Å². The third kappa shape index (κ3) is 5.55. The van der Waals surface area contributed by atoms with E-state index in [0.717, 1.165) is 5.56 Å². The Morgan fingerprint density at radius 2 is 1.55 bits per heavy atom. The Balaban J connectivity index is 1.61. The Labute approximate surface area is 182 Å². The molecule has 0 atom stereocenters. The second-order valence-corrected chi connectivity index (χ2v) is 8.51. The number of hydrogen-bond acceptors (Lipinski definition) is 5. The number of benzene rings is 3. The van der Waals surface area contributed by atoms with Crippen molar-refractivity contribution in [3.8, 4) is 11.5 Å². The van der Waals surface area contributed by atoms with Crippen LogP contribution < -0.4 is 19.1 Å². The van der Waals surface area contributed by atoms with Crippen LogP contribution in [0.4, 0.5) is 11.4 Å². The normalized spacial score (nSPS) is 10.9. The summed E-state index contributed by atoms with van der Waals surface area (Å²) in [7, 11) is -0.501. The number of ether oxygens (including phenoxy) is 2. The molecule has 31 heavy (non-hydrogen) atoms. The molecule has 0 aliphatic rings. The minimum absolute atomic E-state index is 0.102. The number of nitrogens with zero attached hydrogens (tertiary/aromatic N) is 1. The molecule has 8 heteroatoms. The van der Waals surface area contributed by atoms with Crippen LogP contribution in [0.15, 0.2) is 77.7 Å². The van der Waals surface area contributed by atoms with Gasteiger partial charge in [0.25, 0.3) is 15.9 Å². The van der Waals surface area contributed by atoms with Crippen molar-refractivity contribution in [2.75, 3.05) is 30.4 Å². The Kier molecular flexibility index (Phi) is 6.81. The Morgan fingerprint density at radius 3 is 2.16 bits per heavy atom. The van der Waals surface area contributed by atoms with E-state index in [2.05, 4.69) is 4.72 Å². The summed E-state index contributed by atoms with van der Waals surface area (Å²) in [6.45, 7) is 1.64. The Hall–Kier alpha value is -3.52. The number of likely N-dealkylation sites (N-methyl/N-ethyl adjacent to an activating group) is 1. The van der Waals surface area contributed by atoms with Crippen molar-refractivity contribution in [3.05, 3.63) is 78.4 Å². The summed E-state index contributed by atoms with van der Waals surface area (Å²) in [4.78, 5) is 14.0. The molecule has 3 aromatic carbocycles. The number of carbonyl (C=O) groups is 1. The first kappa shape index (κ1) is 22.2. The molecule has 0 aromatic heterocycles. The van der Waals surface area contributed by atoms with E-state index >= 15 is 0 Å². The van der Waals surface area contributed by atoms with Gasteiger partial charge in [0.15, 0.2) is 6.61 Å². The number of nitrogens with one attached hydrogen (secondary N) is 1. The maximum Gasteiger partial charge on any atom is 0.264 e. The molecule has 0 bridgehead atoms. The Bertz CT molecular complexity index is 1140. The molecule has 0 spiro atoms. The van der Waals surface area contributed by atoms with Crippen molar-refractivity contribution in [2.45, 2.75) is 11.8 Å².